The van der Waals surface area contributed by atoms with Crippen LogP contribution < -0.4 is 14.4 Å². The molecule has 0 fully saturated rings. The zero-order chi connectivity index (χ0) is 15.5. The Morgan fingerprint density at radius 3 is 2.59 bits per heavy atom. The van der Waals surface area contributed by atoms with E-state index >= 15 is 0 Å². The molecule has 0 aliphatic carbocycles. The van der Waals surface area contributed by atoms with E-state index < -0.39 is 0 Å². The van der Waals surface area contributed by atoms with Crippen LogP contribution in [0.25, 0.3) is 10.2 Å². The van der Waals surface area contributed by atoms with Crippen LogP contribution in [0, 0.1) is 0 Å². The third kappa shape index (κ3) is 2.72. The summed E-state index contributed by atoms with van der Waals surface area (Å²) in [5, 5.41) is 0.992. The van der Waals surface area contributed by atoms with Crippen LogP contribution in [-0.2, 0) is 6.54 Å². The predicted molar refractivity (Wildman–Crippen MR) is 91.3 cm³/mol. The highest BCUT2D eigenvalue weighted by atomic mass is 32.1. The number of fused-ring (bicyclic) bond motifs is 1. The van der Waals surface area contributed by atoms with Crippen molar-refractivity contribution in [1.82, 2.24) is 4.98 Å². The number of benzene rings is 2. The molecule has 22 heavy (non-hydrogen) atoms. The van der Waals surface area contributed by atoms with Crippen molar-refractivity contribution in [1.29, 1.82) is 0 Å². The van der Waals surface area contributed by atoms with Gasteiger partial charge in [0.15, 0.2) is 16.6 Å². The summed E-state index contributed by atoms with van der Waals surface area (Å²) in [6.07, 6.45) is 0. The lowest BCUT2D eigenvalue weighted by atomic mass is 10.2. The summed E-state index contributed by atoms with van der Waals surface area (Å²) >= 11 is 1.69. The summed E-state index contributed by atoms with van der Waals surface area (Å²) in [7, 11) is 5.36. The molecule has 0 radical (unpaired) electrons. The summed E-state index contributed by atoms with van der Waals surface area (Å²) in [6, 6.07) is 14.1. The van der Waals surface area contributed by atoms with E-state index in [4.69, 9.17) is 9.47 Å². The molecule has 1 aromatic heterocycles. The van der Waals surface area contributed by atoms with E-state index in [1.807, 2.05) is 43.4 Å². The van der Waals surface area contributed by atoms with Gasteiger partial charge in [-0.05, 0) is 18.2 Å². The number of rotatable bonds is 5. The van der Waals surface area contributed by atoms with Gasteiger partial charge in [-0.1, -0.05) is 35.6 Å². The van der Waals surface area contributed by atoms with E-state index in [1.54, 1.807) is 25.6 Å². The lowest BCUT2D eigenvalue weighted by Gasteiger charge is -2.18. The molecule has 0 spiro atoms. The number of methoxy groups -OCH3 is 2. The molecule has 0 amide bonds. The maximum atomic E-state index is 5.49. The average Bonchev–Trinajstić information content (AvgIpc) is 2.98. The largest absolute Gasteiger partial charge is 0.493 e. The molecule has 0 saturated carbocycles. The van der Waals surface area contributed by atoms with Crippen LogP contribution in [0.4, 0.5) is 5.13 Å². The lowest BCUT2D eigenvalue weighted by molar-refractivity contribution is 0.351. The highest BCUT2D eigenvalue weighted by Gasteiger charge is 2.14. The number of nitrogens with zero attached hydrogens (tertiary/aromatic N) is 2. The molecule has 3 rings (SSSR count). The first-order valence-corrected chi connectivity index (χ1v) is 7.81. The minimum absolute atomic E-state index is 0.709. The van der Waals surface area contributed by atoms with E-state index in [1.165, 1.54) is 4.70 Å². The third-order valence-corrected chi connectivity index (χ3v) is 4.65. The van der Waals surface area contributed by atoms with Crippen LogP contribution in [-0.4, -0.2) is 26.3 Å². The van der Waals surface area contributed by atoms with Gasteiger partial charge in [-0.15, -0.1) is 0 Å². The molecule has 0 N–H and O–H groups in total. The fourth-order valence-corrected chi connectivity index (χ4v) is 3.35. The van der Waals surface area contributed by atoms with E-state index in [-0.39, 0.29) is 0 Å². The van der Waals surface area contributed by atoms with Crippen molar-refractivity contribution in [3.8, 4) is 11.5 Å². The Labute approximate surface area is 133 Å². The standard InChI is InChI=1S/C17H18N2O2S/c1-19(17-18-13-8-4-5-10-15(13)22-17)11-12-7-6-9-14(20-2)16(12)21-3/h4-10H,11H2,1-3H3. The van der Waals surface area contributed by atoms with Gasteiger partial charge in [0.1, 0.15) is 0 Å². The van der Waals surface area contributed by atoms with Gasteiger partial charge in [0.25, 0.3) is 0 Å². The first-order chi connectivity index (χ1) is 10.7. The van der Waals surface area contributed by atoms with Gasteiger partial charge < -0.3 is 14.4 Å². The number of ether oxygens (including phenoxy) is 2. The highest BCUT2D eigenvalue weighted by Crippen LogP contribution is 2.33. The van der Waals surface area contributed by atoms with Gasteiger partial charge in [0.2, 0.25) is 0 Å². The van der Waals surface area contributed by atoms with Crippen LogP contribution in [0.5, 0.6) is 11.5 Å². The van der Waals surface area contributed by atoms with E-state index in [2.05, 4.69) is 16.0 Å². The Morgan fingerprint density at radius 1 is 1.05 bits per heavy atom. The monoisotopic (exact) mass is 314 g/mol. The van der Waals surface area contributed by atoms with Crippen molar-refractivity contribution in [2.24, 2.45) is 0 Å². The summed E-state index contributed by atoms with van der Waals surface area (Å²) in [6.45, 7) is 0.709. The second-order valence-electron chi connectivity index (χ2n) is 4.97. The van der Waals surface area contributed by atoms with E-state index in [0.717, 1.165) is 27.7 Å². The van der Waals surface area contributed by atoms with E-state index in [0.29, 0.717) is 6.54 Å². The molecule has 0 atom stereocenters. The Kier molecular flexibility index (Phi) is 4.15. The normalized spacial score (nSPS) is 10.7. The zero-order valence-electron chi connectivity index (χ0n) is 12.9. The number of thiazole rings is 1. The smallest absolute Gasteiger partial charge is 0.186 e. The Bertz CT molecular complexity index is 752. The molecule has 2 aromatic carbocycles. The Hall–Kier alpha value is -2.27. The topological polar surface area (TPSA) is 34.6 Å². The van der Waals surface area contributed by atoms with Gasteiger partial charge in [-0.3, -0.25) is 0 Å². The highest BCUT2D eigenvalue weighted by molar-refractivity contribution is 7.22. The lowest BCUT2D eigenvalue weighted by Crippen LogP contribution is -2.16. The van der Waals surface area contributed by atoms with Crippen LogP contribution in [0.1, 0.15) is 5.56 Å². The number of hydrogen-bond acceptors (Lipinski definition) is 5. The Morgan fingerprint density at radius 2 is 1.86 bits per heavy atom. The van der Waals surface area contributed by atoms with Crippen LogP contribution in [0.2, 0.25) is 0 Å². The molecular formula is C17H18N2O2S. The summed E-state index contributed by atoms with van der Waals surface area (Å²) in [4.78, 5) is 6.81. The van der Waals surface area contributed by atoms with Crippen LogP contribution >= 0.6 is 11.3 Å². The van der Waals surface area contributed by atoms with Crippen LogP contribution in [0.3, 0.4) is 0 Å². The molecule has 4 nitrogen and oxygen atoms in total. The molecule has 5 heteroatoms. The predicted octanol–water partition coefficient (Wildman–Crippen LogP) is 3.95. The minimum atomic E-state index is 0.709. The van der Waals surface area contributed by atoms with E-state index in [9.17, 15) is 0 Å². The van der Waals surface area contributed by atoms with Crippen molar-refractivity contribution in [3.05, 3.63) is 48.0 Å². The fourth-order valence-electron chi connectivity index (χ4n) is 2.42. The number of hydrogen-bond donors (Lipinski definition) is 0. The summed E-state index contributed by atoms with van der Waals surface area (Å²) in [5.41, 5.74) is 2.11. The second kappa shape index (κ2) is 6.23. The van der Waals surface area contributed by atoms with Gasteiger partial charge >= 0.3 is 0 Å². The van der Waals surface area contributed by atoms with Crippen molar-refractivity contribution in [3.63, 3.8) is 0 Å². The van der Waals surface area contributed by atoms with Crippen molar-refractivity contribution < 1.29 is 9.47 Å². The first-order valence-electron chi connectivity index (χ1n) is 6.99. The minimum Gasteiger partial charge on any atom is -0.493 e. The summed E-state index contributed by atoms with van der Waals surface area (Å²) < 4.78 is 12.0. The SMILES string of the molecule is COc1cccc(CN(C)c2nc3ccccc3s2)c1OC. The van der Waals surface area contributed by atoms with Crippen molar-refractivity contribution in [2.75, 3.05) is 26.2 Å². The molecular weight excluding hydrogens is 296 g/mol. The Balaban J connectivity index is 1.89. The second-order valence-corrected chi connectivity index (χ2v) is 5.98. The molecule has 0 aliphatic rings. The van der Waals surface area contributed by atoms with Gasteiger partial charge in [0.05, 0.1) is 24.4 Å². The van der Waals surface area contributed by atoms with Crippen molar-refractivity contribution >= 4 is 26.7 Å². The maximum absolute atomic E-state index is 5.49. The van der Waals surface area contributed by atoms with Crippen molar-refractivity contribution in [2.45, 2.75) is 6.54 Å². The van der Waals surface area contributed by atoms with Crippen LogP contribution in [0.15, 0.2) is 42.5 Å². The maximum Gasteiger partial charge on any atom is 0.186 e. The molecule has 0 aliphatic heterocycles. The molecule has 114 valence electrons. The number of para-hydroxylation sites is 2. The molecule has 0 unspecified atom stereocenters. The molecule has 0 bridgehead atoms. The molecule has 1 heterocycles. The fraction of sp³-hybridized carbons (Fsp3) is 0.235. The molecule has 0 saturated heterocycles. The summed E-state index contributed by atoms with van der Waals surface area (Å²) in [5.74, 6) is 1.52. The number of anilines is 1. The average molecular weight is 314 g/mol. The zero-order valence-corrected chi connectivity index (χ0v) is 13.7. The third-order valence-electron chi connectivity index (χ3n) is 3.50. The van der Waals surface area contributed by atoms with Gasteiger partial charge in [-0.2, -0.15) is 0 Å². The quantitative estimate of drug-likeness (QED) is 0.714. The molecule has 3 aromatic rings. The first kappa shape index (κ1) is 14.7. The van der Waals surface area contributed by atoms with Gasteiger partial charge in [0, 0.05) is 19.2 Å². The van der Waals surface area contributed by atoms with Gasteiger partial charge in [-0.25, -0.2) is 4.98 Å². The number of aromatic nitrogens is 1.